The molecule has 2 heterocycles. The van der Waals surface area contributed by atoms with E-state index in [9.17, 15) is 14.9 Å². The van der Waals surface area contributed by atoms with E-state index >= 15 is 0 Å². The summed E-state index contributed by atoms with van der Waals surface area (Å²) in [7, 11) is 0. The van der Waals surface area contributed by atoms with E-state index in [0.717, 1.165) is 16.5 Å². The summed E-state index contributed by atoms with van der Waals surface area (Å²) in [4.78, 5) is 32.0. The minimum atomic E-state index is -0.429. The van der Waals surface area contributed by atoms with E-state index in [-0.39, 0.29) is 11.2 Å². The number of nitrogens with zero attached hydrogens (tertiary/aromatic N) is 3. The van der Waals surface area contributed by atoms with Gasteiger partial charge in [0.25, 0.3) is 11.2 Å². The molecule has 9 heteroatoms. The first-order chi connectivity index (χ1) is 15.5. The highest BCUT2D eigenvalue weighted by Gasteiger charge is 2.17. The molecule has 0 radical (unpaired) electrons. The third-order valence-electron chi connectivity index (χ3n) is 5.09. The maximum Gasteiger partial charge on any atom is 0.283 e. The molecule has 0 saturated carbocycles. The number of aromatic nitrogens is 3. The molecule has 0 aliphatic heterocycles. The number of thioether (sulfide) groups is 1. The Labute approximate surface area is 190 Å². The fourth-order valence-electron chi connectivity index (χ4n) is 3.52. The molecule has 2 aromatic heterocycles. The Morgan fingerprint density at radius 3 is 2.47 bits per heavy atom. The van der Waals surface area contributed by atoms with Crippen LogP contribution in [0.25, 0.3) is 27.6 Å². The van der Waals surface area contributed by atoms with Crippen LogP contribution in [-0.2, 0) is 5.75 Å². The van der Waals surface area contributed by atoms with E-state index in [1.54, 1.807) is 41.0 Å². The first kappa shape index (κ1) is 20.3. The molecule has 0 bridgehead atoms. The Morgan fingerprint density at radius 2 is 1.75 bits per heavy atom. The van der Waals surface area contributed by atoms with E-state index in [4.69, 9.17) is 16.6 Å². The molecule has 0 spiro atoms. The SMILES string of the molecule is O=c1c2[nH]c3ccccc3c2nc(SCc2ccc([N+](=O)[O-])cc2)n1-c1ccc(Cl)cc1. The van der Waals surface area contributed by atoms with Crippen LogP contribution >= 0.6 is 23.4 Å². The minimum absolute atomic E-state index is 0.0372. The van der Waals surface area contributed by atoms with Gasteiger partial charge < -0.3 is 4.98 Å². The van der Waals surface area contributed by atoms with E-state index in [2.05, 4.69) is 4.98 Å². The topological polar surface area (TPSA) is 93.8 Å². The van der Waals surface area contributed by atoms with Crippen LogP contribution in [0.15, 0.2) is 82.7 Å². The fourth-order valence-corrected chi connectivity index (χ4v) is 4.61. The second kappa shape index (κ2) is 8.14. The summed E-state index contributed by atoms with van der Waals surface area (Å²) in [5.41, 5.74) is 3.25. The van der Waals surface area contributed by atoms with Crippen LogP contribution in [0.2, 0.25) is 5.02 Å². The summed E-state index contributed by atoms with van der Waals surface area (Å²) >= 11 is 7.43. The molecule has 0 amide bonds. The molecule has 0 saturated heterocycles. The number of para-hydroxylation sites is 1. The standard InChI is InChI=1S/C23H15ClN4O3S/c24-15-7-11-16(12-8-15)27-22(29)21-20(18-3-1-2-4-19(18)25-21)26-23(27)32-13-14-5-9-17(10-6-14)28(30)31/h1-12,25H,13H2. The first-order valence-electron chi connectivity index (χ1n) is 9.67. The lowest BCUT2D eigenvalue weighted by molar-refractivity contribution is -0.384. The van der Waals surface area contributed by atoms with Gasteiger partial charge in [0.2, 0.25) is 0 Å². The smallest absolute Gasteiger partial charge is 0.283 e. The van der Waals surface area contributed by atoms with Crippen molar-refractivity contribution in [2.24, 2.45) is 0 Å². The van der Waals surface area contributed by atoms with Gasteiger partial charge in [-0.1, -0.05) is 53.7 Å². The molecule has 3 aromatic carbocycles. The minimum Gasteiger partial charge on any atom is -0.349 e. The van der Waals surface area contributed by atoms with Gasteiger partial charge in [-0.25, -0.2) is 4.98 Å². The molecule has 158 valence electrons. The van der Waals surface area contributed by atoms with Crippen molar-refractivity contribution in [1.29, 1.82) is 0 Å². The van der Waals surface area contributed by atoms with Gasteiger partial charge in [-0.2, -0.15) is 0 Å². The van der Waals surface area contributed by atoms with Gasteiger partial charge in [0.15, 0.2) is 5.16 Å². The number of rotatable bonds is 5. The summed E-state index contributed by atoms with van der Waals surface area (Å²) < 4.78 is 1.56. The number of H-pyrrole nitrogens is 1. The molecule has 0 atom stereocenters. The van der Waals surface area contributed by atoms with Crippen molar-refractivity contribution in [3.05, 3.63) is 104 Å². The summed E-state index contributed by atoms with van der Waals surface area (Å²) in [6, 6.07) is 21.0. The molecule has 1 N–H and O–H groups in total. The van der Waals surface area contributed by atoms with Gasteiger partial charge in [-0.15, -0.1) is 0 Å². The van der Waals surface area contributed by atoms with Crippen LogP contribution in [0.5, 0.6) is 0 Å². The second-order valence-electron chi connectivity index (χ2n) is 7.12. The number of nitro groups is 1. The molecule has 5 rings (SSSR count). The highest BCUT2D eigenvalue weighted by atomic mass is 35.5. The third kappa shape index (κ3) is 3.63. The maximum atomic E-state index is 13.5. The zero-order valence-electron chi connectivity index (χ0n) is 16.5. The quantitative estimate of drug-likeness (QED) is 0.156. The molecular weight excluding hydrogens is 448 g/mol. The Balaban J connectivity index is 1.63. The highest BCUT2D eigenvalue weighted by molar-refractivity contribution is 7.98. The lowest BCUT2D eigenvalue weighted by Gasteiger charge is -2.12. The van der Waals surface area contributed by atoms with Gasteiger partial charge >= 0.3 is 0 Å². The monoisotopic (exact) mass is 462 g/mol. The molecule has 0 aliphatic rings. The summed E-state index contributed by atoms with van der Waals surface area (Å²) in [6.07, 6.45) is 0. The van der Waals surface area contributed by atoms with Crippen molar-refractivity contribution >= 4 is 51.0 Å². The number of fused-ring (bicyclic) bond motifs is 3. The van der Waals surface area contributed by atoms with Crippen LogP contribution in [0.3, 0.4) is 0 Å². The number of nitrogens with one attached hydrogen (secondary N) is 1. The molecule has 0 aliphatic carbocycles. The van der Waals surface area contributed by atoms with Gasteiger partial charge in [-0.05, 0) is 35.9 Å². The summed E-state index contributed by atoms with van der Waals surface area (Å²) in [5, 5.41) is 12.9. The normalized spacial score (nSPS) is 11.3. The Hall–Kier alpha value is -3.62. The number of nitro benzene ring substituents is 1. The van der Waals surface area contributed by atoms with Crippen molar-refractivity contribution in [3.8, 4) is 5.69 Å². The Bertz CT molecular complexity index is 1530. The van der Waals surface area contributed by atoms with Crippen molar-refractivity contribution in [2.45, 2.75) is 10.9 Å². The van der Waals surface area contributed by atoms with Crippen molar-refractivity contribution in [1.82, 2.24) is 14.5 Å². The van der Waals surface area contributed by atoms with Crippen LogP contribution in [0.4, 0.5) is 5.69 Å². The molecular formula is C23H15ClN4O3S. The van der Waals surface area contributed by atoms with Gasteiger partial charge in [0.1, 0.15) is 11.0 Å². The lowest BCUT2D eigenvalue weighted by atomic mass is 10.2. The van der Waals surface area contributed by atoms with Crippen LogP contribution in [-0.4, -0.2) is 19.5 Å². The van der Waals surface area contributed by atoms with Gasteiger partial charge in [0, 0.05) is 33.8 Å². The maximum absolute atomic E-state index is 13.5. The van der Waals surface area contributed by atoms with Crippen molar-refractivity contribution in [3.63, 3.8) is 0 Å². The molecule has 5 aromatic rings. The van der Waals surface area contributed by atoms with Gasteiger partial charge in [-0.3, -0.25) is 19.5 Å². The van der Waals surface area contributed by atoms with Crippen LogP contribution in [0, 0.1) is 10.1 Å². The van der Waals surface area contributed by atoms with E-state index in [0.29, 0.717) is 32.7 Å². The van der Waals surface area contributed by atoms with E-state index < -0.39 is 4.92 Å². The fraction of sp³-hybridized carbons (Fsp3) is 0.0435. The predicted molar refractivity (Wildman–Crippen MR) is 127 cm³/mol. The Kier molecular flexibility index (Phi) is 5.16. The number of halogens is 1. The lowest BCUT2D eigenvalue weighted by Crippen LogP contribution is -2.21. The molecule has 7 nitrogen and oxygen atoms in total. The number of benzene rings is 3. The van der Waals surface area contributed by atoms with Crippen molar-refractivity contribution in [2.75, 3.05) is 0 Å². The molecule has 0 unspecified atom stereocenters. The average Bonchev–Trinajstić information content (AvgIpc) is 3.18. The molecule has 32 heavy (non-hydrogen) atoms. The highest BCUT2D eigenvalue weighted by Crippen LogP contribution is 2.28. The van der Waals surface area contributed by atoms with E-state index in [1.165, 1.54) is 23.9 Å². The number of aromatic amines is 1. The van der Waals surface area contributed by atoms with E-state index in [1.807, 2.05) is 24.3 Å². The van der Waals surface area contributed by atoms with Crippen LogP contribution in [0.1, 0.15) is 5.56 Å². The van der Waals surface area contributed by atoms with Crippen molar-refractivity contribution < 1.29 is 4.92 Å². The largest absolute Gasteiger partial charge is 0.349 e. The third-order valence-corrected chi connectivity index (χ3v) is 6.36. The van der Waals surface area contributed by atoms with Crippen LogP contribution < -0.4 is 5.56 Å². The summed E-state index contributed by atoms with van der Waals surface area (Å²) in [6.45, 7) is 0. The zero-order chi connectivity index (χ0) is 22.2. The number of non-ortho nitro benzene ring substituents is 1. The number of hydrogen-bond donors (Lipinski definition) is 1. The first-order valence-corrected chi connectivity index (χ1v) is 11.0. The summed E-state index contributed by atoms with van der Waals surface area (Å²) in [5.74, 6) is 0.492. The molecule has 0 fully saturated rings. The zero-order valence-corrected chi connectivity index (χ0v) is 18.1. The Morgan fingerprint density at radius 1 is 1.03 bits per heavy atom. The average molecular weight is 463 g/mol. The second-order valence-corrected chi connectivity index (χ2v) is 8.50. The number of hydrogen-bond acceptors (Lipinski definition) is 5. The predicted octanol–water partition coefficient (Wildman–Crippen LogP) is 5.72. The van der Waals surface area contributed by atoms with Gasteiger partial charge in [0.05, 0.1) is 10.6 Å².